The number of halogens is 6. The highest BCUT2D eigenvalue weighted by Crippen LogP contribution is 2.45. The van der Waals surface area contributed by atoms with Crippen molar-refractivity contribution in [1.82, 2.24) is 34.4 Å². The van der Waals surface area contributed by atoms with Gasteiger partial charge in [0.15, 0.2) is 11.5 Å². The number of hydrogen-bond donors (Lipinski definition) is 1. The second-order valence-electron chi connectivity index (χ2n) is 16.4. The zero-order valence-electron chi connectivity index (χ0n) is 31.2. The van der Waals surface area contributed by atoms with E-state index in [0.717, 1.165) is 57.3 Å². The molecule has 1 spiro atoms. The van der Waals surface area contributed by atoms with Crippen molar-refractivity contribution in [2.75, 3.05) is 63.6 Å². The first-order valence-electron chi connectivity index (χ1n) is 19.4. The summed E-state index contributed by atoms with van der Waals surface area (Å²) < 4.78 is 86.8. The van der Waals surface area contributed by atoms with E-state index in [1.807, 2.05) is 9.80 Å². The van der Waals surface area contributed by atoms with Crippen LogP contribution in [0.25, 0.3) is 0 Å². The number of fused-ring (bicyclic) bond motifs is 3. The second-order valence-corrected chi connectivity index (χ2v) is 16.8. The van der Waals surface area contributed by atoms with Crippen molar-refractivity contribution < 1.29 is 36.2 Å². The maximum atomic E-state index is 15.5. The summed E-state index contributed by atoms with van der Waals surface area (Å²) in [7, 11) is 2.11. The highest BCUT2D eigenvalue weighted by molar-refractivity contribution is 6.34. The Labute approximate surface area is 326 Å². The van der Waals surface area contributed by atoms with E-state index in [9.17, 15) is 22.4 Å². The SMILES string of the molecule is CN1CCCC12CCN(C(=O)c1nn3c(c1Cl)CN(c1nc(OC[C@@]45CCCN4C[C@H](F)C5)nc4c1CO[C@H](c1c(C(F)(F)F)ccc(N)c1F)C4)CCC3)C2. The first kappa shape index (κ1) is 37.8. The number of ether oxygens (including phenoxy) is 2. The number of likely N-dealkylation sites (N-methyl/N-ethyl adjacent to an activating group) is 1. The molecule has 0 radical (unpaired) electrons. The molecule has 18 heteroatoms. The zero-order chi connectivity index (χ0) is 39.1. The normalized spacial score (nSPS) is 28.2. The van der Waals surface area contributed by atoms with Crippen LogP contribution in [0.5, 0.6) is 6.01 Å². The topological polar surface area (TPSA) is 118 Å². The van der Waals surface area contributed by atoms with Crippen molar-refractivity contribution in [1.29, 1.82) is 0 Å². The van der Waals surface area contributed by atoms with Crippen LogP contribution in [-0.4, -0.2) is 111 Å². The zero-order valence-corrected chi connectivity index (χ0v) is 31.9. The number of carbonyl (C=O) groups is 1. The Morgan fingerprint density at radius 1 is 1.09 bits per heavy atom. The summed E-state index contributed by atoms with van der Waals surface area (Å²) in [6, 6.07) is 1.63. The average molecular weight is 806 g/mol. The van der Waals surface area contributed by atoms with E-state index in [1.54, 1.807) is 4.68 Å². The molecule has 56 heavy (non-hydrogen) atoms. The van der Waals surface area contributed by atoms with Crippen molar-refractivity contribution in [2.24, 2.45) is 0 Å². The molecule has 0 bridgehead atoms. The molecule has 1 amide bonds. The van der Waals surface area contributed by atoms with Crippen LogP contribution in [0.4, 0.5) is 33.5 Å². The number of likely N-dealkylation sites (tertiary alicyclic amines) is 2. The van der Waals surface area contributed by atoms with Gasteiger partial charge in [0.25, 0.3) is 5.91 Å². The summed E-state index contributed by atoms with van der Waals surface area (Å²) in [4.78, 5) is 31.7. The van der Waals surface area contributed by atoms with E-state index in [2.05, 4.69) is 21.8 Å². The summed E-state index contributed by atoms with van der Waals surface area (Å²) in [5.74, 6) is -0.974. The van der Waals surface area contributed by atoms with Crippen LogP contribution in [0.15, 0.2) is 12.1 Å². The number of hydrogen-bond acceptors (Lipinski definition) is 10. The molecule has 8 heterocycles. The Hall–Kier alpha value is -3.80. The molecule has 0 aliphatic carbocycles. The van der Waals surface area contributed by atoms with Gasteiger partial charge in [0.2, 0.25) is 0 Å². The standard InChI is InChI=1S/C38H45ClF5N9O3/c1-49-10-2-7-36(49)9-14-51(20-36)34(54)32-30(39)27-18-50(11-4-13-53(27)48-32)33-23-19-55-28(29-24(38(42,43)44)5-6-25(45)31(29)41)15-26(23)46-35(47-33)56-21-37-8-3-12-52(37)17-22(40)16-37/h5-6,22,28H,2-4,7-21,45H2,1H3/t22-,28+,36?,37+/m1/s1. The van der Waals surface area contributed by atoms with E-state index in [1.165, 1.54) is 0 Å². The lowest BCUT2D eigenvalue weighted by Gasteiger charge is -2.33. The average Bonchev–Trinajstić information content (AvgIpc) is 3.95. The Kier molecular flexibility index (Phi) is 9.40. The van der Waals surface area contributed by atoms with E-state index < -0.39 is 46.6 Å². The number of carbonyl (C=O) groups excluding carboxylic acids is 1. The lowest BCUT2D eigenvalue weighted by molar-refractivity contribution is -0.140. The molecule has 3 aromatic rings. The molecule has 1 unspecified atom stereocenters. The number of anilines is 2. The molecule has 6 aliphatic heterocycles. The number of rotatable bonds is 6. The Morgan fingerprint density at radius 2 is 1.91 bits per heavy atom. The van der Waals surface area contributed by atoms with Gasteiger partial charge in [-0.05, 0) is 70.8 Å². The van der Waals surface area contributed by atoms with Gasteiger partial charge in [-0.2, -0.15) is 28.2 Å². The summed E-state index contributed by atoms with van der Waals surface area (Å²) in [6.45, 7) is 4.43. The Balaban J connectivity index is 1.04. The number of alkyl halides is 4. The predicted octanol–water partition coefficient (Wildman–Crippen LogP) is 5.56. The molecule has 1 aromatic carbocycles. The molecular weight excluding hydrogens is 761 g/mol. The monoisotopic (exact) mass is 805 g/mol. The number of amides is 1. The third kappa shape index (κ3) is 6.36. The van der Waals surface area contributed by atoms with Crippen LogP contribution < -0.4 is 15.4 Å². The molecule has 0 saturated carbocycles. The third-order valence-corrected chi connectivity index (χ3v) is 13.5. The molecule has 2 aromatic heterocycles. The predicted molar refractivity (Wildman–Crippen MR) is 196 cm³/mol. The molecule has 12 nitrogen and oxygen atoms in total. The summed E-state index contributed by atoms with van der Waals surface area (Å²) in [5, 5.41) is 4.98. The van der Waals surface area contributed by atoms with Gasteiger partial charge >= 0.3 is 12.2 Å². The van der Waals surface area contributed by atoms with Crippen molar-refractivity contribution in [3.63, 3.8) is 0 Å². The maximum Gasteiger partial charge on any atom is 0.416 e. The molecule has 4 atom stereocenters. The Bertz CT molecular complexity index is 2050. The molecule has 302 valence electrons. The van der Waals surface area contributed by atoms with Gasteiger partial charge in [-0.3, -0.25) is 19.3 Å². The summed E-state index contributed by atoms with van der Waals surface area (Å²) in [5.41, 5.74) is 4.63. The number of aryl methyl sites for hydroxylation is 1. The largest absolute Gasteiger partial charge is 0.461 e. The van der Waals surface area contributed by atoms with Gasteiger partial charge in [-0.1, -0.05) is 11.6 Å². The van der Waals surface area contributed by atoms with Gasteiger partial charge in [-0.15, -0.1) is 0 Å². The highest BCUT2D eigenvalue weighted by atomic mass is 35.5. The smallest absolute Gasteiger partial charge is 0.416 e. The minimum absolute atomic E-state index is 0.0169. The van der Waals surface area contributed by atoms with Crippen LogP contribution in [0.1, 0.15) is 89.6 Å². The third-order valence-electron chi connectivity index (χ3n) is 13.1. The van der Waals surface area contributed by atoms with Gasteiger partial charge < -0.3 is 25.0 Å². The molecular formula is C38H45ClF5N9O3. The van der Waals surface area contributed by atoms with Crippen LogP contribution in [0.3, 0.4) is 0 Å². The van der Waals surface area contributed by atoms with E-state index >= 15 is 4.39 Å². The van der Waals surface area contributed by atoms with Crippen molar-refractivity contribution in [2.45, 2.75) is 101 Å². The fraction of sp³-hybridized carbons (Fsp3) is 0.632. The van der Waals surface area contributed by atoms with Gasteiger partial charge in [0, 0.05) is 62.2 Å². The van der Waals surface area contributed by atoms with Crippen molar-refractivity contribution >= 4 is 29.0 Å². The summed E-state index contributed by atoms with van der Waals surface area (Å²) >= 11 is 7.02. The number of nitrogens with two attached hydrogens (primary N) is 1. The van der Waals surface area contributed by atoms with Crippen LogP contribution in [-0.2, 0) is 37.0 Å². The maximum absolute atomic E-state index is 15.5. The first-order valence-corrected chi connectivity index (χ1v) is 19.8. The molecule has 4 fully saturated rings. The van der Waals surface area contributed by atoms with Crippen molar-refractivity contribution in [3.8, 4) is 6.01 Å². The second kappa shape index (κ2) is 13.9. The molecule has 6 aliphatic rings. The number of nitrogen functional groups attached to an aromatic ring is 1. The van der Waals surface area contributed by atoms with Gasteiger partial charge in [0.05, 0.1) is 52.5 Å². The van der Waals surface area contributed by atoms with Crippen LogP contribution in [0.2, 0.25) is 5.02 Å². The molecule has 4 saturated heterocycles. The fourth-order valence-electron chi connectivity index (χ4n) is 10.1. The Morgan fingerprint density at radius 3 is 2.70 bits per heavy atom. The minimum Gasteiger partial charge on any atom is -0.461 e. The fourth-order valence-corrected chi connectivity index (χ4v) is 10.4. The number of benzene rings is 1. The molecule has 9 rings (SSSR count). The lowest BCUT2D eigenvalue weighted by Crippen LogP contribution is -2.44. The van der Waals surface area contributed by atoms with Gasteiger partial charge in [-0.25, -0.2) is 8.78 Å². The van der Waals surface area contributed by atoms with Crippen molar-refractivity contribution in [3.05, 3.63) is 56.7 Å². The van der Waals surface area contributed by atoms with E-state index in [-0.39, 0.29) is 54.4 Å². The van der Waals surface area contributed by atoms with Crippen LogP contribution in [0, 0.1) is 5.82 Å². The van der Waals surface area contributed by atoms with E-state index in [0.29, 0.717) is 68.3 Å². The highest BCUT2D eigenvalue weighted by Gasteiger charge is 2.50. The molecule has 2 N–H and O–H groups in total. The quantitative estimate of drug-likeness (QED) is 0.251. The summed E-state index contributed by atoms with van der Waals surface area (Å²) in [6.07, 6.45) is -1.79. The number of aromatic nitrogens is 4. The number of nitrogens with zero attached hydrogens (tertiary/aromatic N) is 8. The van der Waals surface area contributed by atoms with Gasteiger partial charge in [0.1, 0.15) is 18.6 Å². The van der Waals surface area contributed by atoms with E-state index in [4.69, 9.17) is 36.9 Å². The lowest BCUT2D eigenvalue weighted by atomic mass is 9.94. The van der Waals surface area contributed by atoms with Crippen LogP contribution >= 0.6 is 11.6 Å². The minimum atomic E-state index is -4.86. The first-order chi connectivity index (χ1) is 26.7.